The van der Waals surface area contributed by atoms with E-state index in [1.165, 1.54) is 0 Å². The summed E-state index contributed by atoms with van der Waals surface area (Å²) in [6, 6.07) is 19.3. The summed E-state index contributed by atoms with van der Waals surface area (Å²) in [4.78, 5) is 0. The molecule has 0 aliphatic heterocycles. The van der Waals surface area contributed by atoms with Crippen LogP contribution >= 0.6 is 0 Å². The average molecular weight is 497 g/mol. The Morgan fingerprint density at radius 2 is 0.861 bits per heavy atom. The summed E-state index contributed by atoms with van der Waals surface area (Å²) in [6.07, 6.45) is 0. The lowest BCUT2D eigenvalue weighted by molar-refractivity contribution is 0.0540. The van der Waals surface area contributed by atoms with Crippen LogP contribution in [0, 0.1) is 0 Å². The van der Waals surface area contributed by atoms with E-state index in [0.717, 1.165) is 22.3 Å². The molecule has 0 aliphatic carbocycles. The van der Waals surface area contributed by atoms with Gasteiger partial charge in [-0.1, -0.05) is 24.3 Å². The second-order valence-corrected chi connectivity index (χ2v) is 8.00. The predicted octanol–water partition coefficient (Wildman–Crippen LogP) is 4.27. The largest absolute Gasteiger partial charge is 0.491 e. The minimum absolute atomic E-state index is 0.389. The van der Waals surface area contributed by atoms with Gasteiger partial charge in [0, 0.05) is 36.7 Å². The Labute approximate surface area is 213 Å². The van der Waals surface area contributed by atoms with E-state index in [1.807, 2.05) is 60.7 Å². The monoisotopic (exact) mass is 496 g/mol. The van der Waals surface area contributed by atoms with Crippen molar-refractivity contribution in [2.75, 3.05) is 78.5 Å². The first-order valence-corrected chi connectivity index (χ1v) is 11.9. The van der Waals surface area contributed by atoms with Crippen molar-refractivity contribution in [1.29, 1.82) is 0 Å². The third-order valence-corrected chi connectivity index (χ3v) is 5.36. The van der Waals surface area contributed by atoms with Gasteiger partial charge in [0.1, 0.15) is 24.7 Å². The lowest BCUT2D eigenvalue weighted by atomic mass is 9.97. The number of nitrogen functional groups attached to an aromatic ring is 2. The molecule has 0 unspecified atom stereocenters. The van der Waals surface area contributed by atoms with Gasteiger partial charge in [-0.3, -0.25) is 0 Å². The Morgan fingerprint density at radius 1 is 0.500 bits per heavy atom. The zero-order chi connectivity index (χ0) is 25.6. The van der Waals surface area contributed by atoms with Crippen molar-refractivity contribution in [2.24, 2.45) is 0 Å². The Balaban J connectivity index is 1.91. The van der Waals surface area contributed by atoms with E-state index in [0.29, 0.717) is 75.7 Å². The lowest BCUT2D eigenvalue weighted by Crippen LogP contribution is -2.11. The molecule has 3 aromatic rings. The summed E-state index contributed by atoms with van der Waals surface area (Å²) >= 11 is 0. The van der Waals surface area contributed by atoms with Crippen LogP contribution in [0.1, 0.15) is 0 Å². The number of ether oxygens (including phenoxy) is 6. The first kappa shape index (κ1) is 27.3. The van der Waals surface area contributed by atoms with Crippen LogP contribution < -0.4 is 20.9 Å². The standard InChI is InChI=1S/C28H36N2O6/c1-31-11-13-33-15-17-35-27-19-26(22-5-9-24(30)10-6-22)28(36-18-16-34-14-12-32-2)20-25(27)21-3-7-23(29)8-4-21/h3-10,19-20H,11-18,29-30H2,1-2H3. The van der Waals surface area contributed by atoms with Crippen LogP contribution in [-0.2, 0) is 18.9 Å². The molecule has 194 valence electrons. The Kier molecular flexibility index (Phi) is 11.3. The van der Waals surface area contributed by atoms with Crippen LogP contribution in [-0.4, -0.2) is 67.1 Å². The minimum Gasteiger partial charge on any atom is -0.491 e. The molecule has 3 rings (SSSR count). The molecule has 8 heteroatoms. The molecule has 0 aromatic heterocycles. The number of nitrogens with two attached hydrogens (primary N) is 2. The Hall–Kier alpha value is -3.30. The molecule has 0 radical (unpaired) electrons. The maximum absolute atomic E-state index is 6.20. The zero-order valence-electron chi connectivity index (χ0n) is 21.0. The predicted molar refractivity (Wildman–Crippen MR) is 143 cm³/mol. The van der Waals surface area contributed by atoms with Gasteiger partial charge in [0.2, 0.25) is 0 Å². The molecule has 0 amide bonds. The molecule has 0 fully saturated rings. The normalized spacial score (nSPS) is 10.9. The van der Waals surface area contributed by atoms with Crippen molar-refractivity contribution in [1.82, 2.24) is 0 Å². The van der Waals surface area contributed by atoms with Crippen molar-refractivity contribution in [2.45, 2.75) is 0 Å². The first-order valence-electron chi connectivity index (χ1n) is 11.9. The van der Waals surface area contributed by atoms with E-state index in [1.54, 1.807) is 14.2 Å². The van der Waals surface area contributed by atoms with Crippen molar-refractivity contribution in [3.8, 4) is 33.8 Å². The van der Waals surface area contributed by atoms with Gasteiger partial charge in [-0.05, 0) is 47.5 Å². The molecular formula is C28H36N2O6. The number of benzene rings is 3. The van der Waals surface area contributed by atoms with Gasteiger partial charge >= 0.3 is 0 Å². The summed E-state index contributed by atoms with van der Waals surface area (Å²) in [6.45, 7) is 3.78. The third-order valence-electron chi connectivity index (χ3n) is 5.36. The minimum atomic E-state index is 0.389. The topological polar surface area (TPSA) is 107 Å². The molecule has 0 saturated heterocycles. The van der Waals surface area contributed by atoms with Gasteiger partial charge in [-0.25, -0.2) is 0 Å². The lowest BCUT2D eigenvalue weighted by Gasteiger charge is -2.19. The summed E-state index contributed by atoms with van der Waals surface area (Å²) in [7, 11) is 3.29. The van der Waals surface area contributed by atoms with Crippen LogP contribution in [0.3, 0.4) is 0 Å². The highest BCUT2D eigenvalue weighted by atomic mass is 16.5. The molecule has 0 bridgehead atoms. The van der Waals surface area contributed by atoms with E-state index in [4.69, 9.17) is 39.9 Å². The molecule has 3 aromatic carbocycles. The fourth-order valence-corrected chi connectivity index (χ4v) is 3.49. The highest BCUT2D eigenvalue weighted by Crippen LogP contribution is 2.41. The second kappa shape index (κ2) is 15.0. The van der Waals surface area contributed by atoms with Gasteiger partial charge < -0.3 is 39.9 Å². The second-order valence-electron chi connectivity index (χ2n) is 8.00. The zero-order valence-corrected chi connectivity index (χ0v) is 21.0. The van der Waals surface area contributed by atoms with Gasteiger partial charge in [-0.15, -0.1) is 0 Å². The highest BCUT2D eigenvalue weighted by Gasteiger charge is 2.16. The fourth-order valence-electron chi connectivity index (χ4n) is 3.49. The molecule has 8 nitrogen and oxygen atoms in total. The third kappa shape index (κ3) is 8.42. The molecule has 4 N–H and O–H groups in total. The van der Waals surface area contributed by atoms with E-state index in [9.17, 15) is 0 Å². The smallest absolute Gasteiger partial charge is 0.128 e. The van der Waals surface area contributed by atoms with Crippen LogP contribution in [0.5, 0.6) is 11.5 Å². The quantitative estimate of drug-likeness (QED) is 0.224. The number of methoxy groups -OCH3 is 2. The molecule has 0 saturated carbocycles. The maximum atomic E-state index is 6.20. The Bertz CT molecular complexity index is 956. The van der Waals surface area contributed by atoms with Gasteiger partial charge in [0.15, 0.2) is 0 Å². The van der Waals surface area contributed by atoms with Crippen LogP contribution in [0.25, 0.3) is 22.3 Å². The van der Waals surface area contributed by atoms with Crippen molar-refractivity contribution in [3.05, 3.63) is 60.7 Å². The van der Waals surface area contributed by atoms with Crippen molar-refractivity contribution >= 4 is 11.4 Å². The summed E-state index contributed by atoms with van der Waals surface area (Å²) in [5.74, 6) is 1.43. The van der Waals surface area contributed by atoms with Gasteiger partial charge in [0.05, 0.1) is 39.6 Å². The van der Waals surface area contributed by atoms with Crippen LogP contribution in [0.4, 0.5) is 11.4 Å². The van der Waals surface area contributed by atoms with E-state index < -0.39 is 0 Å². The van der Waals surface area contributed by atoms with Gasteiger partial charge in [0.25, 0.3) is 0 Å². The molecule has 0 spiro atoms. The van der Waals surface area contributed by atoms with Crippen LogP contribution in [0.15, 0.2) is 60.7 Å². The number of rotatable bonds is 16. The molecule has 36 heavy (non-hydrogen) atoms. The van der Waals surface area contributed by atoms with E-state index >= 15 is 0 Å². The number of hydrogen-bond donors (Lipinski definition) is 2. The first-order chi connectivity index (χ1) is 17.6. The summed E-state index contributed by atoms with van der Waals surface area (Å²) in [5, 5.41) is 0. The van der Waals surface area contributed by atoms with Crippen LogP contribution in [0.2, 0.25) is 0 Å². The molecule has 0 atom stereocenters. The Morgan fingerprint density at radius 3 is 1.22 bits per heavy atom. The summed E-state index contributed by atoms with van der Waals surface area (Å²) < 4.78 is 33.6. The number of hydrogen-bond acceptors (Lipinski definition) is 8. The fraction of sp³-hybridized carbons (Fsp3) is 0.357. The molecule has 0 aliphatic rings. The maximum Gasteiger partial charge on any atom is 0.128 e. The van der Waals surface area contributed by atoms with E-state index in [2.05, 4.69) is 0 Å². The average Bonchev–Trinajstić information content (AvgIpc) is 2.89. The highest BCUT2D eigenvalue weighted by molar-refractivity contribution is 5.82. The molecule has 0 heterocycles. The summed E-state index contributed by atoms with van der Waals surface area (Å²) in [5.41, 5.74) is 16.9. The molecular weight excluding hydrogens is 460 g/mol. The van der Waals surface area contributed by atoms with Crippen molar-refractivity contribution < 1.29 is 28.4 Å². The van der Waals surface area contributed by atoms with Crippen molar-refractivity contribution in [3.63, 3.8) is 0 Å². The SMILES string of the molecule is COCCOCCOc1cc(-c2ccc(N)cc2)c(OCCOCCOC)cc1-c1ccc(N)cc1. The van der Waals surface area contributed by atoms with Gasteiger partial charge in [-0.2, -0.15) is 0 Å². The number of anilines is 2. The van der Waals surface area contributed by atoms with E-state index in [-0.39, 0.29) is 0 Å².